The van der Waals surface area contributed by atoms with Crippen molar-refractivity contribution < 1.29 is 14.3 Å². The van der Waals surface area contributed by atoms with Crippen LogP contribution in [0.5, 0.6) is 5.75 Å². The Morgan fingerprint density at radius 2 is 1.75 bits per heavy atom. The lowest BCUT2D eigenvalue weighted by atomic mass is 10.1. The number of ether oxygens (including phenoxy) is 1. The molecule has 0 radical (unpaired) electrons. The van der Waals surface area contributed by atoms with Gasteiger partial charge in [0.1, 0.15) is 18.1 Å². The van der Waals surface area contributed by atoms with Gasteiger partial charge in [-0.1, -0.05) is 0 Å². The van der Waals surface area contributed by atoms with Crippen LogP contribution in [0, 0.1) is 5.92 Å². The van der Waals surface area contributed by atoms with Crippen LogP contribution in [0.1, 0.15) is 36.0 Å². The highest BCUT2D eigenvalue weighted by atomic mass is 16.5. The predicted molar refractivity (Wildman–Crippen MR) is 74.8 cm³/mol. The monoisotopic (exact) mass is 273 g/mol. The topological polar surface area (TPSA) is 46.6 Å². The number of likely N-dealkylation sites (tertiary alicyclic amines) is 1. The van der Waals surface area contributed by atoms with Crippen LogP contribution in [0.15, 0.2) is 24.3 Å². The summed E-state index contributed by atoms with van der Waals surface area (Å²) in [6.07, 6.45) is 4.89. The molecule has 1 saturated carbocycles. The molecule has 0 bridgehead atoms. The summed E-state index contributed by atoms with van der Waals surface area (Å²) in [6, 6.07) is 7.17. The summed E-state index contributed by atoms with van der Waals surface area (Å²) in [5.74, 6) is 1.43. The molecule has 4 nitrogen and oxygen atoms in total. The standard InChI is InChI=1S/C16H19NO3/c18-11-12-1-5-14(6-2-12)20-15-7-9-17(10-8-15)16(19)13-3-4-13/h1-2,5-6,11,13,15H,3-4,7-10H2. The van der Waals surface area contributed by atoms with E-state index in [2.05, 4.69) is 0 Å². The molecule has 2 aliphatic rings. The lowest BCUT2D eigenvalue weighted by molar-refractivity contribution is -0.134. The molecule has 1 heterocycles. The third-order valence-corrected chi connectivity index (χ3v) is 4.00. The maximum atomic E-state index is 11.9. The maximum absolute atomic E-state index is 11.9. The van der Waals surface area contributed by atoms with Crippen molar-refractivity contribution in [1.82, 2.24) is 4.90 Å². The molecule has 1 aromatic carbocycles. The maximum Gasteiger partial charge on any atom is 0.225 e. The van der Waals surface area contributed by atoms with Crippen LogP contribution in [0.2, 0.25) is 0 Å². The van der Waals surface area contributed by atoms with Crippen LogP contribution in [0.4, 0.5) is 0 Å². The van der Waals surface area contributed by atoms with Crippen molar-refractivity contribution in [3.63, 3.8) is 0 Å². The zero-order chi connectivity index (χ0) is 13.9. The SMILES string of the molecule is O=Cc1ccc(OC2CCN(C(=O)C3CC3)CC2)cc1. The van der Waals surface area contributed by atoms with Crippen LogP contribution in [-0.2, 0) is 4.79 Å². The van der Waals surface area contributed by atoms with Crippen molar-refractivity contribution in [3.8, 4) is 5.75 Å². The van der Waals surface area contributed by atoms with Crippen molar-refractivity contribution in [3.05, 3.63) is 29.8 Å². The summed E-state index contributed by atoms with van der Waals surface area (Å²) < 4.78 is 5.91. The summed E-state index contributed by atoms with van der Waals surface area (Å²) in [7, 11) is 0. The van der Waals surface area contributed by atoms with Crippen molar-refractivity contribution >= 4 is 12.2 Å². The van der Waals surface area contributed by atoms with Crippen molar-refractivity contribution in [1.29, 1.82) is 0 Å². The van der Waals surface area contributed by atoms with Gasteiger partial charge in [-0.15, -0.1) is 0 Å². The van der Waals surface area contributed by atoms with Crippen LogP contribution in [0.3, 0.4) is 0 Å². The van der Waals surface area contributed by atoms with Crippen molar-refractivity contribution in [2.75, 3.05) is 13.1 Å². The number of aldehydes is 1. The molecule has 3 rings (SSSR count). The van der Waals surface area contributed by atoms with Gasteiger partial charge in [-0.25, -0.2) is 0 Å². The van der Waals surface area contributed by atoms with E-state index in [1.165, 1.54) is 0 Å². The van der Waals surface area contributed by atoms with E-state index in [1.54, 1.807) is 12.1 Å². The fraction of sp³-hybridized carbons (Fsp3) is 0.500. The van der Waals surface area contributed by atoms with Crippen molar-refractivity contribution in [2.45, 2.75) is 31.8 Å². The second-order valence-corrected chi connectivity index (χ2v) is 5.60. The Hall–Kier alpha value is -1.84. The Labute approximate surface area is 118 Å². The molecule has 0 unspecified atom stereocenters. The van der Waals surface area contributed by atoms with Gasteiger partial charge in [0.2, 0.25) is 5.91 Å². The summed E-state index contributed by atoms with van der Waals surface area (Å²) >= 11 is 0. The molecule has 1 aliphatic heterocycles. The average molecular weight is 273 g/mol. The van der Waals surface area contributed by atoms with Crippen LogP contribution < -0.4 is 4.74 Å². The summed E-state index contributed by atoms with van der Waals surface area (Å²) in [6.45, 7) is 1.60. The molecular formula is C16H19NO3. The van der Waals surface area contributed by atoms with Gasteiger partial charge < -0.3 is 9.64 Å². The van der Waals surface area contributed by atoms with Gasteiger partial charge in [0, 0.05) is 37.4 Å². The van der Waals surface area contributed by atoms with Crippen LogP contribution >= 0.6 is 0 Å². The second kappa shape index (κ2) is 5.65. The highest BCUT2D eigenvalue weighted by Crippen LogP contribution is 2.32. The lowest BCUT2D eigenvalue weighted by Gasteiger charge is -2.32. The van der Waals surface area contributed by atoms with Gasteiger partial charge in [0.25, 0.3) is 0 Å². The molecule has 0 N–H and O–H groups in total. The van der Waals surface area contributed by atoms with E-state index in [9.17, 15) is 9.59 Å². The minimum absolute atomic E-state index is 0.167. The zero-order valence-corrected chi connectivity index (χ0v) is 11.5. The molecule has 1 aliphatic carbocycles. The molecule has 0 spiro atoms. The van der Waals surface area contributed by atoms with E-state index in [-0.39, 0.29) is 6.10 Å². The molecule has 2 fully saturated rings. The minimum atomic E-state index is 0.167. The van der Waals surface area contributed by atoms with Gasteiger partial charge >= 0.3 is 0 Å². The number of rotatable bonds is 4. The first-order valence-corrected chi connectivity index (χ1v) is 7.27. The third kappa shape index (κ3) is 3.00. The number of amides is 1. The molecule has 1 aromatic rings. The van der Waals surface area contributed by atoms with Gasteiger partial charge in [-0.05, 0) is 37.1 Å². The smallest absolute Gasteiger partial charge is 0.225 e. The normalized spacial score (nSPS) is 19.7. The summed E-state index contributed by atoms with van der Waals surface area (Å²) in [5, 5.41) is 0. The van der Waals surface area contributed by atoms with E-state index in [0.717, 1.165) is 50.8 Å². The Balaban J connectivity index is 1.50. The number of piperidine rings is 1. The Bertz CT molecular complexity index is 485. The number of hydrogen-bond donors (Lipinski definition) is 0. The molecule has 0 atom stereocenters. The fourth-order valence-electron chi connectivity index (χ4n) is 2.60. The Morgan fingerprint density at radius 1 is 1.10 bits per heavy atom. The summed E-state index contributed by atoms with van der Waals surface area (Å²) in [5.41, 5.74) is 0.655. The lowest BCUT2D eigenvalue weighted by Crippen LogP contribution is -2.42. The average Bonchev–Trinajstić information content (AvgIpc) is 3.33. The molecule has 1 amide bonds. The highest BCUT2D eigenvalue weighted by Gasteiger charge is 2.35. The van der Waals surface area contributed by atoms with Gasteiger partial charge in [0.15, 0.2) is 0 Å². The van der Waals surface area contributed by atoms with Crippen LogP contribution in [0.25, 0.3) is 0 Å². The number of hydrogen-bond acceptors (Lipinski definition) is 3. The highest BCUT2D eigenvalue weighted by molar-refractivity contribution is 5.81. The van der Waals surface area contributed by atoms with Crippen LogP contribution in [-0.4, -0.2) is 36.3 Å². The number of nitrogens with zero attached hydrogens (tertiary/aromatic N) is 1. The molecule has 106 valence electrons. The van der Waals surface area contributed by atoms with Crippen molar-refractivity contribution in [2.24, 2.45) is 5.92 Å². The predicted octanol–water partition coefficient (Wildman–Crippen LogP) is 2.28. The fourth-order valence-corrected chi connectivity index (χ4v) is 2.60. The first-order valence-electron chi connectivity index (χ1n) is 7.27. The van der Waals surface area contributed by atoms with Gasteiger partial charge in [0.05, 0.1) is 0 Å². The molecule has 1 saturated heterocycles. The van der Waals surface area contributed by atoms with E-state index >= 15 is 0 Å². The molecular weight excluding hydrogens is 254 g/mol. The Kier molecular flexibility index (Phi) is 3.72. The Morgan fingerprint density at radius 3 is 2.30 bits per heavy atom. The van der Waals surface area contributed by atoms with E-state index in [4.69, 9.17) is 4.74 Å². The molecule has 4 heteroatoms. The second-order valence-electron chi connectivity index (χ2n) is 5.60. The van der Waals surface area contributed by atoms with Gasteiger partial charge in [-0.3, -0.25) is 9.59 Å². The third-order valence-electron chi connectivity index (χ3n) is 4.00. The first kappa shape index (κ1) is 13.2. The molecule has 0 aromatic heterocycles. The first-order chi connectivity index (χ1) is 9.76. The largest absolute Gasteiger partial charge is 0.490 e. The summed E-state index contributed by atoms with van der Waals surface area (Å²) in [4.78, 5) is 24.5. The van der Waals surface area contributed by atoms with E-state index in [0.29, 0.717) is 17.4 Å². The van der Waals surface area contributed by atoms with E-state index < -0.39 is 0 Å². The number of carbonyl (C=O) groups is 2. The zero-order valence-electron chi connectivity index (χ0n) is 11.5. The van der Waals surface area contributed by atoms with E-state index in [1.807, 2.05) is 17.0 Å². The minimum Gasteiger partial charge on any atom is -0.490 e. The van der Waals surface area contributed by atoms with Gasteiger partial charge in [-0.2, -0.15) is 0 Å². The number of benzene rings is 1. The molecule has 20 heavy (non-hydrogen) atoms. The quantitative estimate of drug-likeness (QED) is 0.791. The number of carbonyl (C=O) groups excluding carboxylic acids is 2.